The van der Waals surface area contributed by atoms with Crippen LogP contribution in [0.3, 0.4) is 0 Å². The normalized spacial score (nSPS) is 15.4. The van der Waals surface area contributed by atoms with Gasteiger partial charge in [-0.05, 0) is 18.9 Å². The summed E-state index contributed by atoms with van der Waals surface area (Å²) in [6.07, 6.45) is 6.78. The predicted octanol–water partition coefficient (Wildman–Crippen LogP) is 3.34. The fraction of sp³-hybridized carbons (Fsp3) is 0.533. The van der Waals surface area contributed by atoms with E-state index in [1.165, 1.54) is 18.7 Å². The third-order valence-corrected chi connectivity index (χ3v) is 4.56. The smallest absolute Gasteiger partial charge is 0.340 e. The quantitative estimate of drug-likeness (QED) is 0.620. The third-order valence-electron chi connectivity index (χ3n) is 3.87. The van der Waals surface area contributed by atoms with Gasteiger partial charge in [-0.1, -0.05) is 42.5 Å². The standard InChI is InChI=1S/C15H18Cl2N2O3/c1-19(11-5-3-2-4-6-11)13(20)9-22-15(21)10-7-12(16)14(17)18-8-10/h7-8,11H,2-6,9H2,1H3. The van der Waals surface area contributed by atoms with E-state index in [0.717, 1.165) is 25.7 Å². The van der Waals surface area contributed by atoms with Crippen LogP contribution >= 0.6 is 23.2 Å². The van der Waals surface area contributed by atoms with E-state index in [9.17, 15) is 9.59 Å². The number of hydrogen-bond acceptors (Lipinski definition) is 4. The van der Waals surface area contributed by atoms with E-state index in [1.807, 2.05) is 0 Å². The second-order valence-corrected chi connectivity index (χ2v) is 6.13. The van der Waals surface area contributed by atoms with Crippen molar-refractivity contribution in [2.45, 2.75) is 38.1 Å². The van der Waals surface area contributed by atoms with Gasteiger partial charge >= 0.3 is 5.97 Å². The molecule has 0 unspecified atom stereocenters. The first-order valence-corrected chi connectivity index (χ1v) is 7.98. The molecule has 0 radical (unpaired) electrons. The average molecular weight is 345 g/mol. The summed E-state index contributed by atoms with van der Waals surface area (Å²) < 4.78 is 5.02. The van der Waals surface area contributed by atoms with Gasteiger partial charge in [0.1, 0.15) is 5.15 Å². The fourth-order valence-electron chi connectivity index (χ4n) is 2.52. The van der Waals surface area contributed by atoms with Gasteiger partial charge in [-0.2, -0.15) is 0 Å². The summed E-state index contributed by atoms with van der Waals surface area (Å²) in [4.78, 5) is 29.4. The SMILES string of the molecule is CN(C(=O)COC(=O)c1cnc(Cl)c(Cl)c1)C1CCCCC1. The molecule has 0 atom stereocenters. The second-order valence-electron chi connectivity index (χ2n) is 5.37. The van der Waals surface area contributed by atoms with Gasteiger partial charge in [0.2, 0.25) is 0 Å². The number of halogens is 2. The number of esters is 1. The van der Waals surface area contributed by atoms with Gasteiger partial charge in [0, 0.05) is 19.3 Å². The molecule has 7 heteroatoms. The second kappa shape index (κ2) is 7.79. The van der Waals surface area contributed by atoms with Gasteiger partial charge in [-0.25, -0.2) is 9.78 Å². The highest BCUT2D eigenvalue weighted by molar-refractivity contribution is 6.41. The lowest BCUT2D eigenvalue weighted by Crippen LogP contribution is -2.40. The number of carbonyl (C=O) groups excluding carboxylic acids is 2. The van der Waals surface area contributed by atoms with Crippen molar-refractivity contribution < 1.29 is 14.3 Å². The van der Waals surface area contributed by atoms with Crippen molar-refractivity contribution in [3.63, 3.8) is 0 Å². The molecular weight excluding hydrogens is 327 g/mol. The van der Waals surface area contributed by atoms with E-state index < -0.39 is 5.97 Å². The van der Waals surface area contributed by atoms with Crippen molar-refractivity contribution in [1.29, 1.82) is 0 Å². The van der Waals surface area contributed by atoms with Crippen LogP contribution in [0, 0.1) is 0 Å². The Kier molecular flexibility index (Phi) is 6.03. The minimum absolute atomic E-state index is 0.117. The van der Waals surface area contributed by atoms with Crippen molar-refractivity contribution in [3.8, 4) is 0 Å². The first kappa shape index (κ1) is 17.0. The van der Waals surface area contributed by atoms with E-state index in [4.69, 9.17) is 27.9 Å². The Morgan fingerprint density at radius 1 is 1.32 bits per heavy atom. The van der Waals surface area contributed by atoms with E-state index in [2.05, 4.69) is 4.98 Å². The molecule has 0 spiro atoms. The third kappa shape index (κ3) is 4.34. The Morgan fingerprint density at radius 2 is 2.00 bits per heavy atom. The van der Waals surface area contributed by atoms with Gasteiger partial charge in [0.15, 0.2) is 6.61 Å². The topological polar surface area (TPSA) is 59.5 Å². The van der Waals surface area contributed by atoms with E-state index in [1.54, 1.807) is 11.9 Å². The van der Waals surface area contributed by atoms with Crippen LogP contribution in [-0.4, -0.2) is 41.5 Å². The maximum absolute atomic E-state index is 12.1. The van der Waals surface area contributed by atoms with E-state index >= 15 is 0 Å². The summed E-state index contributed by atoms with van der Waals surface area (Å²) in [6.45, 7) is -0.286. The summed E-state index contributed by atoms with van der Waals surface area (Å²) in [5.41, 5.74) is 0.169. The Bertz CT molecular complexity index is 560. The molecule has 1 aromatic rings. The van der Waals surface area contributed by atoms with Crippen LogP contribution in [0.25, 0.3) is 0 Å². The highest BCUT2D eigenvalue weighted by Gasteiger charge is 2.23. The monoisotopic (exact) mass is 344 g/mol. The lowest BCUT2D eigenvalue weighted by Gasteiger charge is -2.31. The lowest BCUT2D eigenvalue weighted by molar-refractivity contribution is -0.135. The number of pyridine rings is 1. The zero-order valence-electron chi connectivity index (χ0n) is 12.3. The zero-order valence-corrected chi connectivity index (χ0v) is 13.9. The number of carbonyl (C=O) groups is 2. The largest absolute Gasteiger partial charge is 0.452 e. The maximum atomic E-state index is 12.1. The Hall–Kier alpha value is -1.33. The molecule has 2 rings (SSSR count). The minimum atomic E-state index is -0.642. The van der Waals surface area contributed by atoms with Crippen LogP contribution in [0.5, 0.6) is 0 Å². The molecule has 1 aromatic heterocycles. The molecule has 0 aliphatic heterocycles. The number of rotatable bonds is 4. The molecule has 5 nitrogen and oxygen atoms in total. The van der Waals surface area contributed by atoms with Gasteiger partial charge in [0.05, 0.1) is 10.6 Å². The van der Waals surface area contributed by atoms with Crippen molar-refractivity contribution in [2.75, 3.05) is 13.7 Å². The first-order valence-electron chi connectivity index (χ1n) is 7.23. The lowest BCUT2D eigenvalue weighted by atomic mass is 9.94. The molecule has 1 amide bonds. The van der Waals surface area contributed by atoms with Crippen LogP contribution in [0.15, 0.2) is 12.3 Å². The van der Waals surface area contributed by atoms with Crippen molar-refractivity contribution >= 4 is 35.1 Å². The summed E-state index contributed by atoms with van der Waals surface area (Å²) >= 11 is 11.5. The summed E-state index contributed by atoms with van der Waals surface area (Å²) in [5.74, 6) is -0.843. The maximum Gasteiger partial charge on any atom is 0.340 e. The van der Waals surface area contributed by atoms with E-state index in [-0.39, 0.29) is 34.3 Å². The molecule has 0 aromatic carbocycles. The zero-order chi connectivity index (χ0) is 16.1. The van der Waals surface area contributed by atoms with Crippen molar-refractivity contribution in [3.05, 3.63) is 28.0 Å². The number of likely N-dealkylation sites (N-methyl/N-ethyl adjacent to an activating group) is 1. The molecule has 22 heavy (non-hydrogen) atoms. The number of ether oxygens (including phenoxy) is 1. The minimum Gasteiger partial charge on any atom is -0.452 e. The molecule has 1 fully saturated rings. The highest BCUT2D eigenvalue weighted by Crippen LogP contribution is 2.22. The molecule has 0 N–H and O–H groups in total. The molecule has 0 saturated heterocycles. The highest BCUT2D eigenvalue weighted by atomic mass is 35.5. The molecule has 120 valence electrons. The summed E-state index contributed by atoms with van der Waals surface area (Å²) in [7, 11) is 1.76. The number of nitrogens with zero attached hydrogens (tertiary/aromatic N) is 2. The van der Waals surface area contributed by atoms with Crippen LogP contribution < -0.4 is 0 Å². The molecule has 1 heterocycles. The average Bonchev–Trinajstić information content (AvgIpc) is 2.54. The van der Waals surface area contributed by atoms with Crippen molar-refractivity contribution in [2.24, 2.45) is 0 Å². The fourth-order valence-corrected chi connectivity index (χ4v) is 2.79. The van der Waals surface area contributed by atoms with Gasteiger partial charge in [0.25, 0.3) is 5.91 Å². The number of aromatic nitrogens is 1. The summed E-state index contributed by atoms with van der Waals surface area (Å²) in [5, 5.41) is 0.285. The van der Waals surface area contributed by atoms with Crippen LogP contribution in [0.2, 0.25) is 10.2 Å². The number of amides is 1. The number of hydrogen-bond donors (Lipinski definition) is 0. The molecule has 0 bridgehead atoms. The Morgan fingerprint density at radius 3 is 2.64 bits per heavy atom. The van der Waals surface area contributed by atoms with Gasteiger partial charge in [-0.3, -0.25) is 4.79 Å². The van der Waals surface area contributed by atoms with Gasteiger partial charge in [-0.15, -0.1) is 0 Å². The predicted molar refractivity (Wildman–Crippen MR) is 84.2 cm³/mol. The van der Waals surface area contributed by atoms with Gasteiger partial charge < -0.3 is 9.64 Å². The van der Waals surface area contributed by atoms with E-state index in [0.29, 0.717) is 0 Å². The molecular formula is C15H18Cl2N2O3. The van der Waals surface area contributed by atoms with Crippen molar-refractivity contribution in [1.82, 2.24) is 9.88 Å². The first-order chi connectivity index (χ1) is 10.5. The molecule has 1 aliphatic rings. The molecule has 1 saturated carbocycles. The van der Waals surface area contributed by atoms with Crippen LogP contribution in [0.1, 0.15) is 42.5 Å². The Balaban J connectivity index is 1.87. The van der Waals surface area contributed by atoms with Crippen LogP contribution in [-0.2, 0) is 9.53 Å². The molecule has 1 aliphatic carbocycles. The Labute approximate surface area is 139 Å². The van der Waals surface area contributed by atoms with Crippen LogP contribution in [0.4, 0.5) is 0 Å². The summed E-state index contributed by atoms with van der Waals surface area (Å²) in [6, 6.07) is 1.61.